The highest BCUT2D eigenvalue weighted by molar-refractivity contribution is 9.10. The number of benzene rings is 1. The first-order valence-corrected chi connectivity index (χ1v) is 8.93. The summed E-state index contributed by atoms with van der Waals surface area (Å²) in [6, 6.07) is 6.46. The van der Waals surface area contributed by atoms with Crippen molar-refractivity contribution >= 4 is 38.9 Å². The van der Waals surface area contributed by atoms with Gasteiger partial charge in [0.1, 0.15) is 0 Å². The van der Waals surface area contributed by atoms with E-state index in [-0.39, 0.29) is 0 Å². The molecule has 0 amide bonds. The summed E-state index contributed by atoms with van der Waals surface area (Å²) >= 11 is 11.6. The number of hydrogen-bond donors (Lipinski definition) is 1. The fraction of sp³-hybridized carbons (Fsp3) is 0.375. The zero-order valence-corrected chi connectivity index (χ0v) is 14.9. The molecule has 0 aliphatic heterocycles. The minimum Gasteiger partial charge on any atom is -0.310 e. The first-order valence-electron chi connectivity index (χ1n) is 6.81. The van der Waals surface area contributed by atoms with Gasteiger partial charge in [-0.15, -0.1) is 0 Å². The lowest BCUT2D eigenvalue weighted by Crippen LogP contribution is -2.24. The Balaban J connectivity index is 2.21. The molecule has 0 radical (unpaired) electrons. The molecule has 0 aliphatic rings. The molecule has 1 nitrogen and oxygen atoms in total. The van der Waals surface area contributed by atoms with Gasteiger partial charge in [0.25, 0.3) is 0 Å². The molecule has 108 valence electrons. The van der Waals surface area contributed by atoms with Crippen molar-refractivity contribution < 1.29 is 0 Å². The highest BCUT2D eigenvalue weighted by Gasteiger charge is 2.16. The van der Waals surface area contributed by atoms with Crippen molar-refractivity contribution in [2.75, 3.05) is 6.54 Å². The van der Waals surface area contributed by atoms with Crippen LogP contribution in [0.15, 0.2) is 33.4 Å². The first kappa shape index (κ1) is 16.0. The van der Waals surface area contributed by atoms with E-state index in [9.17, 15) is 0 Å². The smallest absolute Gasteiger partial charge is 0.0449 e. The molecule has 1 aromatic carbocycles. The summed E-state index contributed by atoms with van der Waals surface area (Å²) in [5.74, 6) is 0. The second kappa shape index (κ2) is 7.60. The number of hydrogen-bond acceptors (Lipinski definition) is 2. The Morgan fingerprint density at radius 1 is 1.35 bits per heavy atom. The number of aryl methyl sites for hydroxylation is 1. The van der Waals surface area contributed by atoms with Crippen molar-refractivity contribution in [3.63, 3.8) is 0 Å². The number of rotatable bonds is 6. The first-order chi connectivity index (χ1) is 9.61. The molecule has 4 heteroatoms. The van der Waals surface area contributed by atoms with Crippen LogP contribution in [0.25, 0.3) is 0 Å². The van der Waals surface area contributed by atoms with Gasteiger partial charge in [0.15, 0.2) is 0 Å². The molecule has 1 heterocycles. The van der Waals surface area contributed by atoms with Crippen LogP contribution in [0.5, 0.6) is 0 Å². The van der Waals surface area contributed by atoms with Crippen LogP contribution in [0.4, 0.5) is 0 Å². The van der Waals surface area contributed by atoms with Crippen LogP contribution >= 0.6 is 38.9 Å². The van der Waals surface area contributed by atoms with Gasteiger partial charge in [-0.2, -0.15) is 11.3 Å². The van der Waals surface area contributed by atoms with Gasteiger partial charge in [-0.1, -0.05) is 40.5 Å². The van der Waals surface area contributed by atoms with Crippen molar-refractivity contribution in [1.82, 2.24) is 5.32 Å². The molecule has 1 N–H and O–H groups in total. The van der Waals surface area contributed by atoms with Gasteiger partial charge in [-0.25, -0.2) is 0 Å². The number of nitrogens with one attached hydrogen (secondary N) is 1. The Labute approximate surface area is 138 Å². The summed E-state index contributed by atoms with van der Waals surface area (Å²) in [7, 11) is 0. The zero-order chi connectivity index (χ0) is 14.5. The SMILES string of the molecule is CCCNC(Cc1ccc(Br)cc1Cl)c1cscc1C. The minimum absolute atomic E-state index is 0.333. The maximum Gasteiger partial charge on any atom is 0.0449 e. The lowest BCUT2D eigenvalue weighted by Gasteiger charge is -2.20. The second-order valence-electron chi connectivity index (χ2n) is 4.96. The van der Waals surface area contributed by atoms with Gasteiger partial charge in [0.05, 0.1) is 0 Å². The zero-order valence-electron chi connectivity index (χ0n) is 11.7. The summed E-state index contributed by atoms with van der Waals surface area (Å²) in [6.07, 6.45) is 2.05. The number of halogens is 2. The van der Waals surface area contributed by atoms with E-state index < -0.39 is 0 Å². The van der Waals surface area contributed by atoms with Crippen molar-refractivity contribution in [2.24, 2.45) is 0 Å². The molecule has 0 fully saturated rings. The predicted octanol–water partition coefficient (Wildman–Crippen LogP) is 5.76. The average Bonchev–Trinajstić information content (AvgIpc) is 2.83. The molecule has 0 saturated heterocycles. The summed E-state index contributed by atoms with van der Waals surface area (Å²) in [4.78, 5) is 0. The van der Waals surface area contributed by atoms with E-state index in [0.29, 0.717) is 6.04 Å². The third-order valence-electron chi connectivity index (χ3n) is 3.35. The molecule has 2 rings (SSSR count). The maximum atomic E-state index is 6.35. The van der Waals surface area contributed by atoms with Crippen LogP contribution in [0.3, 0.4) is 0 Å². The van der Waals surface area contributed by atoms with E-state index in [1.807, 2.05) is 6.07 Å². The molecule has 0 aliphatic carbocycles. The lowest BCUT2D eigenvalue weighted by molar-refractivity contribution is 0.528. The Morgan fingerprint density at radius 3 is 2.75 bits per heavy atom. The molecule has 0 spiro atoms. The van der Waals surface area contributed by atoms with Gasteiger partial charge >= 0.3 is 0 Å². The molecule has 1 unspecified atom stereocenters. The number of thiophene rings is 1. The topological polar surface area (TPSA) is 12.0 Å². The van der Waals surface area contributed by atoms with Gasteiger partial charge < -0.3 is 5.32 Å². The summed E-state index contributed by atoms with van der Waals surface area (Å²) in [5.41, 5.74) is 3.94. The van der Waals surface area contributed by atoms with Crippen molar-refractivity contribution in [3.8, 4) is 0 Å². The Hall–Kier alpha value is -0.350. The molecular formula is C16H19BrClNS. The van der Waals surface area contributed by atoms with E-state index in [0.717, 1.165) is 28.9 Å². The van der Waals surface area contributed by atoms with Gasteiger partial charge in [0.2, 0.25) is 0 Å². The Kier molecular flexibility index (Phi) is 6.09. The van der Waals surface area contributed by atoms with Crippen LogP contribution in [0.1, 0.15) is 36.1 Å². The summed E-state index contributed by atoms with van der Waals surface area (Å²) in [5, 5.41) is 8.92. The Morgan fingerprint density at radius 2 is 2.15 bits per heavy atom. The van der Waals surface area contributed by atoms with Gasteiger partial charge in [-0.05, 0) is 65.9 Å². The lowest BCUT2D eigenvalue weighted by atomic mass is 9.98. The fourth-order valence-electron chi connectivity index (χ4n) is 2.25. The molecule has 1 atom stereocenters. The minimum atomic E-state index is 0.333. The van der Waals surface area contributed by atoms with E-state index in [1.165, 1.54) is 16.7 Å². The standard InChI is InChI=1S/C16H19BrClNS/c1-3-6-19-16(14-10-20-9-11(14)2)7-12-4-5-13(17)8-15(12)18/h4-5,8-10,16,19H,3,6-7H2,1-2H3. The van der Waals surface area contributed by atoms with Crippen molar-refractivity contribution in [3.05, 3.63) is 55.1 Å². The van der Waals surface area contributed by atoms with Crippen LogP contribution in [-0.4, -0.2) is 6.54 Å². The third kappa shape index (κ3) is 4.08. The summed E-state index contributed by atoms with van der Waals surface area (Å²) < 4.78 is 1.02. The third-order valence-corrected chi connectivity index (χ3v) is 5.08. The highest BCUT2D eigenvalue weighted by Crippen LogP contribution is 2.29. The molecular weight excluding hydrogens is 354 g/mol. The van der Waals surface area contributed by atoms with Crippen LogP contribution in [-0.2, 0) is 6.42 Å². The molecule has 2 aromatic rings. The molecule has 0 bridgehead atoms. The normalized spacial score (nSPS) is 12.6. The second-order valence-corrected chi connectivity index (χ2v) is 7.02. The van der Waals surface area contributed by atoms with E-state index in [2.05, 4.69) is 58.0 Å². The summed E-state index contributed by atoms with van der Waals surface area (Å²) in [6.45, 7) is 5.39. The maximum absolute atomic E-state index is 6.35. The van der Waals surface area contributed by atoms with E-state index >= 15 is 0 Å². The van der Waals surface area contributed by atoms with Gasteiger partial charge in [0, 0.05) is 15.5 Å². The van der Waals surface area contributed by atoms with Crippen molar-refractivity contribution in [2.45, 2.75) is 32.7 Å². The van der Waals surface area contributed by atoms with E-state index in [1.54, 1.807) is 11.3 Å². The quantitative estimate of drug-likeness (QED) is 0.680. The molecule has 1 aromatic heterocycles. The monoisotopic (exact) mass is 371 g/mol. The van der Waals surface area contributed by atoms with Crippen LogP contribution in [0.2, 0.25) is 5.02 Å². The van der Waals surface area contributed by atoms with Crippen LogP contribution < -0.4 is 5.32 Å². The molecule has 20 heavy (non-hydrogen) atoms. The molecule has 0 saturated carbocycles. The predicted molar refractivity (Wildman–Crippen MR) is 92.9 cm³/mol. The highest BCUT2D eigenvalue weighted by atomic mass is 79.9. The fourth-order valence-corrected chi connectivity index (χ4v) is 3.90. The van der Waals surface area contributed by atoms with Crippen LogP contribution in [0, 0.1) is 6.92 Å². The van der Waals surface area contributed by atoms with Crippen molar-refractivity contribution in [1.29, 1.82) is 0 Å². The largest absolute Gasteiger partial charge is 0.310 e. The average molecular weight is 373 g/mol. The Bertz CT molecular complexity index is 567. The van der Waals surface area contributed by atoms with Gasteiger partial charge in [-0.3, -0.25) is 0 Å². The van der Waals surface area contributed by atoms with E-state index in [4.69, 9.17) is 11.6 Å².